The molecule has 0 spiro atoms. The van der Waals surface area contributed by atoms with Gasteiger partial charge in [-0.3, -0.25) is 9.59 Å². The predicted molar refractivity (Wildman–Crippen MR) is 101 cm³/mol. The van der Waals surface area contributed by atoms with Gasteiger partial charge in [-0.1, -0.05) is 36.0 Å². The van der Waals surface area contributed by atoms with E-state index in [2.05, 4.69) is 0 Å². The third-order valence-corrected chi connectivity index (χ3v) is 6.35. The number of carbonyl (C=O) groups is 2. The Labute approximate surface area is 152 Å². The van der Waals surface area contributed by atoms with Gasteiger partial charge in [0.1, 0.15) is 0 Å². The molecule has 0 fully saturated rings. The minimum Gasteiger partial charge on any atom is -0.293 e. The van der Waals surface area contributed by atoms with Gasteiger partial charge in [0.15, 0.2) is 20.7 Å². The van der Waals surface area contributed by atoms with Crippen LogP contribution in [0.2, 0.25) is 0 Å². The fraction of sp³-hybridized carbons (Fsp3) is 0.263. The van der Waals surface area contributed by atoms with Gasteiger partial charge in [0.25, 0.3) is 0 Å². The molecule has 25 heavy (non-hydrogen) atoms. The monoisotopic (exact) mass is 376 g/mol. The number of thioether (sulfide) groups is 1. The van der Waals surface area contributed by atoms with Gasteiger partial charge in [0.05, 0.1) is 16.4 Å². The van der Waals surface area contributed by atoms with E-state index in [1.54, 1.807) is 13.0 Å². The average Bonchev–Trinajstić information content (AvgIpc) is 2.54. The number of hydrogen-bond donors (Lipinski definition) is 0. The van der Waals surface area contributed by atoms with Crippen LogP contribution >= 0.6 is 11.8 Å². The van der Waals surface area contributed by atoms with Crippen LogP contribution in [0, 0.1) is 13.8 Å². The summed E-state index contributed by atoms with van der Waals surface area (Å²) in [7, 11) is -3.50. The lowest BCUT2D eigenvalue weighted by Crippen LogP contribution is -2.10. The summed E-state index contributed by atoms with van der Waals surface area (Å²) in [5.74, 6) is -0.196. The molecular weight excluding hydrogens is 356 g/mol. The zero-order valence-corrected chi connectivity index (χ0v) is 16.0. The summed E-state index contributed by atoms with van der Waals surface area (Å²) in [6.07, 6.45) is 0. The van der Waals surface area contributed by atoms with E-state index in [9.17, 15) is 18.0 Å². The van der Waals surface area contributed by atoms with Gasteiger partial charge >= 0.3 is 0 Å². The molecule has 4 nitrogen and oxygen atoms in total. The minimum atomic E-state index is -3.50. The lowest BCUT2D eigenvalue weighted by molar-refractivity contribution is -0.109. The molecule has 0 saturated heterocycles. The smallest absolute Gasteiger partial charge is 0.186 e. The van der Waals surface area contributed by atoms with Crippen LogP contribution in [0.3, 0.4) is 0 Å². The maximum Gasteiger partial charge on any atom is 0.186 e. The second-order valence-corrected chi connectivity index (χ2v) is 9.01. The van der Waals surface area contributed by atoms with Crippen molar-refractivity contribution in [2.24, 2.45) is 0 Å². The van der Waals surface area contributed by atoms with Crippen LogP contribution in [0.15, 0.2) is 47.4 Å². The standard InChI is InChI=1S/C19H20O4S2/c1-13-6-4-5-7-16(13)12-25(22,23)17-8-9-18(14(2)10-17)19(21)11-24-15(3)20/h4-10H,11-12H2,1-3H3. The van der Waals surface area contributed by atoms with Crippen molar-refractivity contribution >= 4 is 32.5 Å². The summed E-state index contributed by atoms with van der Waals surface area (Å²) in [5.41, 5.74) is 2.73. The SMILES string of the molecule is CC(=O)SCC(=O)c1ccc(S(=O)(=O)Cc2ccccc2C)cc1C. The highest BCUT2D eigenvalue weighted by Crippen LogP contribution is 2.22. The Balaban J connectivity index is 2.25. The van der Waals surface area contributed by atoms with Crippen LogP contribution in [-0.2, 0) is 20.4 Å². The van der Waals surface area contributed by atoms with E-state index in [-0.39, 0.29) is 27.3 Å². The zero-order valence-electron chi connectivity index (χ0n) is 14.4. The number of ketones is 1. The fourth-order valence-corrected chi connectivity index (χ4v) is 4.47. The highest BCUT2D eigenvalue weighted by molar-refractivity contribution is 8.14. The van der Waals surface area contributed by atoms with Crippen molar-refractivity contribution in [3.05, 3.63) is 64.7 Å². The number of carbonyl (C=O) groups excluding carboxylic acids is 2. The number of aryl methyl sites for hydroxylation is 2. The maximum absolute atomic E-state index is 12.7. The van der Waals surface area contributed by atoms with Gasteiger partial charge in [-0.15, -0.1) is 0 Å². The molecule has 2 aromatic rings. The number of hydrogen-bond acceptors (Lipinski definition) is 5. The molecule has 0 aliphatic carbocycles. The zero-order chi connectivity index (χ0) is 18.6. The lowest BCUT2D eigenvalue weighted by atomic mass is 10.1. The molecule has 0 amide bonds. The van der Waals surface area contributed by atoms with Gasteiger partial charge < -0.3 is 0 Å². The molecule has 0 unspecified atom stereocenters. The Morgan fingerprint density at radius 1 is 1.00 bits per heavy atom. The van der Waals surface area contributed by atoms with Crippen LogP contribution in [0.25, 0.3) is 0 Å². The van der Waals surface area contributed by atoms with Crippen LogP contribution < -0.4 is 0 Å². The molecule has 2 rings (SSSR count). The van der Waals surface area contributed by atoms with Crippen LogP contribution in [-0.4, -0.2) is 25.1 Å². The molecule has 0 saturated carbocycles. The Kier molecular flexibility index (Phi) is 6.19. The largest absolute Gasteiger partial charge is 0.293 e. The molecular formula is C19H20O4S2. The van der Waals surface area contributed by atoms with E-state index >= 15 is 0 Å². The van der Waals surface area contributed by atoms with Crippen molar-refractivity contribution in [3.8, 4) is 0 Å². The molecule has 0 aliphatic rings. The van der Waals surface area contributed by atoms with Crippen LogP contribution in [0.4, 0.5) is 0 Å². The average molecular weight is 376 g/mol. The van der Waals surface area contributed by atoms with Gasteiger partial charge in [-0.25, -0.2) is 8.42 Å². The van der Waals surface area contributed by atoms with E-state index in [0.717, 1.165) is 22.9 Å². The van der Waals surface area contributed by atoms with E-state index < -0.39 is 9.84 Å². The maximum atomic E-state index is 12.7. The highest BCUT2D eigenvalue weighted by Gasteiger charge is 2.19. The first kappa shape index (κ1) is 19.4. The Morgan fingerprint density at radius 3 is 2.28 bits per heavy atom. The first-order valence-electron chi connectivity index (χ1n) is 7.75. The van der Waals surface area contributed by atoms with Crippen molar-refractivity contribution in [1.29, 1.82) is 0 Å². The minimum absolute atomic E-state index is 0.0610. The van der Waals surface area contributed by atoms with E-state index in [1.165, 1.54) is 25.1 Å². The summed E-state index contributed by atoms with van der Waals surface area (Å²) in [6, 6.07) is 11.9. The van der Waals surface area contributed by atoms with Crippen molar-refractivity contribution in [2.45, 2.75) is 31.4 Å². The first-order chi connectivity index (χ1) is 11.7. The van der Waals surface area contributed by atoms with Crippen LogP contribution in [0.1, 0.15) is 34.0 Å². The van der Waals surface area contributed by atoms with Gasteiger partial charge in [-0.2, -0.15) is 0 Å². The predicted octanol–water partition coefficient (Wildman–Crippen LogP) is 3.74. The number of Topliss-reactive ketones (excluding diaryl/α,β-unsaturated/α-hetero) is 1. The third kappa shape index (κ3) is 5.03. The quantitative estimate of drug-likeness (QED) is 0.719. The lowest BCUT2D eigenvalue weighted by Gasteiger charge is -2.10. The van der Waals surface area contributed by atoms with E-state index in [0.29, 0.717) is 11.1 Å². The molecule has 0 heterocycles. The first-order valence-corrected chi connectivity index (χ1v) is 10.4. The third-order valence-electron chi connectivity index (χ3n) is 3.87. The number of sulfone groups is 1. The topological polar surface area (TPSA) is 68.3 Å². The molecule has 0 bridgehead atoms. The normalized spacial score (nSPS) is 11.3. The highest BCUT2D eigenvalue weighted by atomic mass is 32.2. The summed E-state index contributed by atoms with van der Waals surface area (Å²) in [5, 5.41) is -0.122. The molecule has 2 aromatic carbocycles. The molecule has 0 N–H and O–H groups in total. The Morgan fingerprint density at radius 2 is 1.68 bits per heavy atom. The van der Waals surface area contributed by atoms with Crippen molar-refractivity contribution in [3.63, 3.8) is 0 Å². The summed E-state index contributed by atoms with van der Waals surface area (Å²) in [6.45, 7) is 5.00. The van der Waals surface area contributed by atoms with Gasteiger partial charge in [0.2, 0.25) is 0 Å². The Hall–Kier alpha value is -1.92. The number of rotatable bonds is 6. The molecule has 0 radical (unpaired) electrons. The van der Waals surface area contributed by atoms with Gasteiger partial charge in [-0.05, 0) is 48.7 Å². The summed E-state index contributed by atoms with van der Waals surface area (Å²) in [4.78, 5) is 23.3. The summed E-state index contributed by atoms with van der Waals surface area (Å²) < 4.78 is 25.3. The molecule has 0 atom stereocenters. The van der Waals surface area contributed by atoms with Gasteiger partial charge in [0, 0.05) is 12.5 Å². The van der Waals surface area contributed by atoms with E-state index in [1.807, 2.05) is 25.1 Å². The summed E-state index contributed by atoms with van der Waals surface area (Å²) >= 11 is 0.949. The Bertz CT molecular complexity index is 915. The number of benzene rings is 2. The molecule has 132 valence electrons. The van der Waals surface area contributed by atoms with Crippen molar-refractivity contribution in [1.82, 2.24) is 0 Å². The van der Waals surface area contributed by atoms with Crippen molar-refractivity contribution in [2.75, 3.05) is 5.75 Å². The molecule has 0 aromatic heterocycles. The fourth-order valence-electron chi connectivity index (χ4n) is 2.45. The molecule has 0 aliphatic heterocycles. The van der Waals surface area contributed by atoms with Crippen molar-refractivity contribution < 1.29 is 18.0 Å². The molecule has 6 heteroatoms. The van der Waals surface area contributed by atoms with Crippen LogP contribution in [0.5, 0.6) is 0 Å². The second kappa shape index (κ2) is 7.97. The van der Waals surface area contributed by atoms with E-state index in [4.69, 9.17) is 0 Å². The second-order valence-electron chi connectivity index (χ2n) is 5.87.